The predicted octanol–water partition coefficient (Wildman–Crippen LogP) is -3.01. The number of hydrogen-bond donors (Lipinski definition) is 6. The van der Waals surface area contributed by atoms with Crippen molar-refractivity contribution in [1.82, 2.24) is 21.3 Å². The van der Waals surface area contributed by atoms with E-state index >= 15 is 0 Å². The van der Waals surface area contributed by atoms with E-state index in [0.717, 1.165) is 0 Å². The Balaban J connectivity index is -0.00000220. The topological polar surface area (TPSA) is 168 Å². The third-order valence-electron chi connectivity index (χ3n) is 2.44. The summed E-state index contributed by atoms with van der Waals surface area (Å²) >= 11 is 0. The lowest BCUT2D eigenvalue weighted by Crippen LogP contribution is -2.46. The van der Waals surface area contributed by atoms with Crippen molar-refractivity contribution in [3.63, 3.8) is 0 Å². The van der Waals surface area contributed by atoms with Gasteiger partial charge in [-0.3, -0.25) is 19.2 Å². The molecular formula is C12H26Cl2N6O4. The van der Waals surface area contributed by atoms with E-state index in [9.17, 15) is 19.2 Å². The lowest BCUT2D eigenvalue weighted by molar-refractivity contribution is -0.127. The maximum absolute atomic E-state index is 11.4. The molecule has 0 saturated carbocycles. The number of rotatable bonds is 9. The van der Waals surface area contributed by atoms with Gasteiger partial charge >= 0.3 is 0 Å². The molecule has 12 heteroatoms. The fourth-order valence-corrected chi connectivity index (χ4v) is 1.19. The number of carbonyl (C=O) groups is 4. The summed E-state index contributed by atoms with van der Waals surface area (Å²) in [5.74, 6) is -1.64. The quantitative estimate of drug-likeness (QED) is 0.230. The molecule has 0 aliphatic carbocycles. The van der Waals surface area contributed by atoms with Crippen molar-refractivity contribution < 1.29 is 19.2 Å². The zero-order valence-corrected chi connectivity index (χ0v) is 15.2. The van der Waals surface area contributed by atoms with E-state index in [2.05, 4.69) is 21.3 Å². The van der Waals surface area contributed by atoms with Crippen molar-refractivity contribution in [2.45, 2.75) is 25.9 Å². The van der Waals surface area contributed by atoms with E-state index in [4.69, 9.17) is 11.5 Å². The molecule has 142 valence electrons. The van der Waals surface area contributed by atoms with Crippen LogP contribution in [-0.4, -0.2) is 61.9 Å². The lowest BCUT2D eigenvalue weighted by Gasteiger charge is -2.10. The summed E-state index contributed by atoms with van der Waals surface area (Å²) in [6.07, 6.45) is 0. The zero-order chi connectivity index (χ0) is 17.1. The van der Waals surface area contributed by atoms with Crippen LogP contribution in [0, 0.1) is 0 Å². The van der Waals surface area contributed by atoms with Crippen molar-refractivity contribution in [3.05, 3.63) is 0 Å². The lowest BCUT2D eigenvalue weighted by atomic mass is 10.3. The van der Waals surface area contributed by atoms with Crippen molar-refractivity contribution in [2.75, 3.05) is 26.2 Å². The standard InChI is InChI=1S/C12H24N6O4.2ClH/c1-7(13)11(21)17-5-9(19)15-3-4-16-10(20)6-18-12(22)8(2)14;;/h7-8H,3-6,13-14H2,1-2H3,(H,15,19)(H,16,20)(H,17,21)(H,18,22);2*1H/t7-,8-;;/m0../s1. The van der Waals surface area contributed by atoms with Gasteiger partial charge in [0.25, 0.3) is 0 Å². The first-order valence-corrected chi connectivity index (χ1v) is 6.84. The fourth-order valence-electron chi connectivity index (χ4n) is 1.19. The number of carbonyl (C=O) groups excluding carboxylic acids is 4. The Morgan fingerprint density at radius 2 is 1.00 bits per heavy atom. The summed E-state index contributed by atoms with van der Waals surface area (Å²) in [5.41, 5.74) is 10.6. The summed E-state index contributed by atoms with van der Waals surface area (Å²) in [6.45, 7) is 3.04. The summed E-state index contributed by atoms with van der Waals surface area (Å²) in [5, 5.41) is 9.70. The first kappa shape index (κ1) is 27.2. The van der Waals surface area contributed by atoms with E-state index in [1.54, 1.807) is 0 Å². The first-order valence-electron chi connectivity index (χ1n) is 6.84. The van der Waals surface area contributed by atoms with Crippen molar-refractivity contribution in [3.8, 4) is 0 Å². The second kappa shape index (κ2) is 14.9. The Labute approximate surface area is 153 Å². The first-order chi connectivity index (χ1) is 10.2. The van der Waals surface area contributed by atoms with E-state index < -0.39 is 35.7 Å². The van der Waals surface area contributed by atoms with Gasteiger partial charge in [-0.1, -0.05) is 0 Å². The molecule has 0 fully saturated rings. The van der Waals surface area contributed by atoms with Crippen LogP contribution in [0.3, 0.4) is 0 Å². The molecule has 2 atom stereocenters. The van der Waals surface area contributed by atoms with Crippen LogP contribution < -0.4 is 32.7 Å². The molecule has 10 nitrogen and oxygen atoms in total. The molecule has 0 rings (SSSR count). The van der Waals surface area contributed by atoms with Crippen LogP contribution in [0.25, 0.3) is 0 Å². The Kier molecular flexibility index (Phi) is 17.0. The molecule has 0 unspecified atom stereocenters. The van der Waals surface area contributed by atoms with Crippen LogP contribution in [0.5, 0.6) is 0 Å². The SMILES string of the molecule is C[C@H](N)C(=O)NCC(=O)NCCNC(=O)CNC(=O)[C@H](C)N.Cl.Cl. The third-order valence-corrected chi connectivity index (χ3v) is 2.44. The molecular weight excluding hydrogens is 363 g/mol. The fraction of sp³-hybridized carbons (Fsp3) is 0.667. The molecule has 0 aromatic rings. The van der Waals surface area contributed by atoms with Gasteiger partial charge in [-0.05, 0) is 13.8 Å². The number of hydrogen-bond acceptors (Lipinski definition) is 6. The molecule has 8 N–H and O–H groups in total. The smallest absolute Gasteiger partial charge is 0.239 e. The number of nitrogens with one attached hydrogen (secondary N) is 4. The average Bonchev–Trinajstić information content (AvgIpc) is 2.46. The molecule has 0 heterocycles. The van der Waals surface area contributed by atoms with Crippen LogP contribution in [0.4, 0.5) is 0 Å². The van der Waals surface area contributed by atoms with Crippen molar-refractivity contribution in [1.29, 1.82) is 0 Å². The summed E-state index contributed by atoms with van der Waals surface area (Å²) in [6, 6.07) is -1.36. The van der Waals surface area contributed by atoms with Gasteiger partial charge in [-0.15, -0.1) is 24.8 Å². The maximum atomic E-state index is 11.4. The largest absolute Gasteiger partial charge is 0.353 e. The Hall–Kier alpha value is -1.62. The minimum absolute atomic E-state index is 0. The summed E-state index contributed by atoms with van der Waals surface area (Å²) < 4.78 is 0. The van der Waals surface area contributed by atoms with Gasteiger partial charge in [0.1, 0.15) is 0 Å². The molecule has 0 aromatic heterocycles. The highest BCUT2D eigenvalue weighted by Gasteiger charge is 2.10. The summed E-state index contributed by atoms with van der Waals surface area (Å²) in [7, 11) is 0. The molecule has 0 radical (unpaired) electrons. The molecule has 0 bridgehead atoms. The normalized spacial score (nSPS) is 11.7. The highest BCUT2D eigenvalue weighted by atomic mass is 35.5. The number of halogens is 2. The third kappa shape index (κ3) is 14.0. The van der Waals surface area contributed by atoms with Gasteiger partial charge in [-0.2, -0.15) is 0 Å². The van der Waals surface area contributed by atoms with Gasteiger partial charge in [0, 0.05) is 13.1 Å². The minimum Gasteiger partial charge on any atom is -0.353 e. The van der Waals surface area contributed by atoms with Gasteiger partial charge in [0.15, 0.2) is 0 Å². The van der Waals surface area contributed by atoms with Gasteiger partial charge in [0.05, 0.1) is 25.2 Å². The molecule has 0 aromatic carbocycles. The second-order valence-electron chi connectivity index (χ2n) is 4.71. The molecule has 24 heavy (non-hydrogen) atoms. The molecule has 0 aliphatic rings. The Morgan fingerprint density at radius 3 is 1.25 bits per heavy atom. The molecule has 0 spiro atoms. The van der Waals surface area contributed by atoms with Crippen LogP contribution in [-0.2, 0) is 19.2 Å². The van der Waals surface area contributed by atoms with Crippen LogP contribution >= 0.6 is 24.8 Å². The average molecular weight is 389 g/mol. The molecule has 0 aliphatic heterocycles. The molecule has 4 amide bonds. The Morgan fingerprint density at radius 1 is 0.708 bits per heavy atom. The predicted molar refractivity (Wildman–Crippen MR) is 93.8 cm³/mol. The zero-order valence-electron chi connectivity index (χ0n) is 13.6. The highest BCUT2D eigenvalue weighted by Crippen LogP contribution is 1.75. The van der Waals surface area contributed by atoms with E-state index in [-0.39, 0.29) is 51.0 Å². The van der Waals surface area contributed by atoms with E-state index in [0.29, 0.717) is 0 Å². The molecule has 0 saturated heterocycles. The number of nitrogens with two attached hydrogens (primary N) is 2. The second-order valence-corrected chi connectivity index (χ2v) is 4.71. The van der Waals surface area contributed by atoms with Gasteiger partial charge in [0.2, 0.25) is 23.6 Å². The Bertz CT molecular complexity index is 382. The van der Waals surface area contributed by atoms with Crippen molar-refractivity contribution >= 4 is 48.4 Å². The van der Waals surface area contributed by atoms with E-state index in [1.807, 2.05) is 0 Å². The van der Waals surface area contributed by atoms with Gasteiger partial charge in [-0.25, -0.2) is 0 Å². The van der Waals surface area contributed by atoms with Crippen molar-refractivity contribution in [2.24, 2.45) is 11.5 Å². The maximum Gasteiger partial charge on any atom is 0.239 e. The number of amides is 4. The van der Waals surface area contributed by atoms with Crippen LogP contribution in [0.2, 0.25) is 0 Å². The van der Waals surface area contributed by atoms with Gasteiger partial charge < -0.3 is 32.7 Å². The van der Waals surface area contributed by atoms with Crippen LogP contribution in [0.15, 0.2) is 0 Å². The highest BCUT2D eigenvalue weighted by molar-refractivity contribution is 5.88. The van der Waals surface area contributed by atoms with Crippen LogP contribution in [0.1, 0.15) is 13.8 Å². The minimum atomic E-state index is -0.682. The summed E-state index contributed by atoms with van der Waals surface area (Å²) in [4.78, 5) is 45.0. The monoisotopic (exact) mass is 388 g/mol. The van der Waals surface area contributed by atoms with E-state index in [1.165, 1.54) is 13.8 Å².